The Morgan fingerprint density at radius 1 is 0.453 bits per heavy atom. The smallest absolute Gasteiger partial charge is 0.0720 e. The Labute approximate surface area is 311 Å². The van der Waals surface area contributed by atoms with Gasteiger partial charge in [0.1, 0.15) is 0 Å². The Balaban J connectivity index is 1.26. The Hall–Kier alpha value is -6.12. The van der Waals surface area contributed by atoms with Crippen LogP contribution in [0.4, 0.5) is 22.7 Å². The zero-order valence-electron chi connectivity index (χ0n) is 30.1. The maximum Gasteiger partial charge on any atom is 0.0720 e. The van der Waals surface area contributed by atoms with Gasteiger partial charge in [-0.3, -0.25) is 0 Å². The molecule has 2 heteroatoms. The van der Waals surface area contributed by atoms with Crippen molar-refractivity contribution in [2.45, 2.75) is 44.2 Å². The van der Waals surface area contributed by atoms with E-state index in [2.05, 4.69) is 194 Å². The minimum atomic E-state index is -0.539. The van der Waals surface area contributed by atoms with Gasteiger partial charge in [-0.2, -0.15) is 0 Å². The zero-order chi connectivity index (χ0) is 35.3. The van der Waals surface area contributed by atoms with Gasteiger partial charge in [-0.05, 0) is 129 Å². The van der Waals surface area contributed by atoms with Crippen molar-refractivity contribution in [1.29, 1.82) is 0 Å². The highest BCUT2D eigenvalue weighted by Gasteiger charge is 2.48. The highest BCUT2D eigenvalue weighted by atomic mass is 15.2. The average Bonchev–Trinajstić information content (AvgIpc) is 3.84. The van der Waals surface area contributed by atoms with Crippen LogP contribution >= 0.6 is 0 Å². The SMILES string of the molecule is CC1Cc2ccccc2N1c1ccc2c(c1)C(c1ccccc1)(c1ccccc1)c1c-2c2ccccc2c2cc(N3c4ccccc4CC3C)ccc12. The van der Waals surface area contributed by atoms with Gasteiger partial charge in [-0.25, -0.2) is 0 Å². The lowest BCUT2D eigenvalue weighted by atomic mass is 9.66. The first-order valence-electron chi connectivity index (χ1n) is 19.1. The first-order chi connectivity index (χ1) is 26.1. The first-order valence-corrected chi connectivity index (χ1v) is 19.1. The monoisotopic (exact) mass is 680 g/mol. The second kappa shape index (κ2) is 11.4. The molecule has 0 N–H and O–H groups in total. The number of fused-ring (bicyclic) bond motifs is 10. The summed E-state index contributed by atoms with van der Waals surface area (Å²) in [5.74, 6) is 0. The topological polar surface area (TPSA) is 6.48 Å². The molecule has 2 heterocycles. The van der Waals surface area contributed by atoms with Crippen molar-refractivity contribution in [3.63, 3.8) is 0 Å². The molecule has 8 aromatic rings. The Morgan fingerprint density at radius 3 is 1.58 bits per heavy atom. The van der Waals surface area contributed by atoms with Crippen molar-refractivity contribution in [2.24, 2.45) is 0 Å². The molecule has 254 valence electrons. The van der Waals surface area contributed by atoms with Crippen molar-refractivity contribution in [2.75, 3.05) is 9.80 Å². The molecule has 0 fully saturated rings. The minimum absolute atomic E-state index is 0.371. The molecule has 11 rings (SSSR count). The van der Waals surface area contributed by atoms with Gasteiger partial charge in [0.15, 0.2) is 0 Å². The molecular weight excluding hydrogens is 641 g/mol. The molecule has 0 aromatic heterocycles. The van der Waals surface area contributed by atoms with Gasteiger partial charge in [0.2, 0.25) is 0 Å². The van der Waals surface area contributed by atoms with E-state index in [4.69, 9.17) is 0 Å². The molecule has 2 unspecified atom stereocenters. The minimum Gasteiger partial charge on any atom is -0.338 e. The van der Waals surface area contributed by atoms with Crippen molar-refractivity contribution in [1.82, 2.24) is 0 Å². The number of para-hydroxylation sites is 2. The van der Waals surface area contributed by atoms with Gasteiger partial charge in [0.25, 0.3) is 0 Å². The van der Waals surface area contributed by atoms with Crippen molar-refractivity contribution in [3.05, 3.63) is 203 Å². The second-order valence-corrected chi connectivity index (χ2v) is 15.3. The van der Waals surface area contributed by atoms with E-state index in [9.17, 15) is 0 Å². The Morgan fingerprint density at radius 2 is 0.962 bits per heavy atom. The number of rotatable bonds is 4. The van der Waals surface area contributed by atoms with E-state index in [1.54, 1.807) is 0 Å². The lowest BCUT2D eigenvalue weighted by Gasteiger charge is -2.36. The molecule has 2 nitrogen and oxygen atoms in total. The third-order valence-corrected chi connectivity index (χ3v) is 12.4. The summed E-state index contributed by atoms with van der Waals surface area (Å²) in [5.41, 5.74) is 15.4. The number of nitrogens with zero attached hydrogens (tertiary/aromatic N) is 2. The molecule has 0 spiro atoms. The molecule has 0 bridgehead atoms. The van der Waals surface area contributed by atoms with Crippen LogP contribution in [0.3, 0.4) is 0 Å². The van der Waals surface area contributed by atoms with Crippen LogP contribution < -0.4 is 9.80 Å². The summed E-state index contributed by atoms with van der Waals surface area (Å²) in [7, 11) is 0. The normalized spacial score (nSPS) is 17.9. The molecule has 0 amide bonds. The maximum absolute atomic E-state index is 2.57. The molecular formula is C51H40N2. The molecule has 0 saturated carbocycles. The fourth-order valence-corrected chi connectivity index (χ4v) is 10.4. The van der Waals surface area contributed by atoms with Crippen LogP contribution in [0.15, 0.2) is 170 Å². The van der Waals surface area contributed by atoms with Crippen molar-refractivity contribution < 1.29 is 0 Å². The Kier molecular flexibility index (Phi) is 6.58. The average molecular weight is 681 g/mol. The fraction of sp³-hybridized carbons (Fsp3) is 0.137. The Bertz CT molecular complexity index is 2690. The zero-order valence-corrected chi connectivity index (χ0v) is 30.1. The summed E-state index contributed by atoms with van der Waals surface area (Å²) in [6, 6.07) is 65.0. The highest BCUT2D eigenvalue weighted by Crippen LogP contribution is 2.61. The van der Waals surface area contributed by atoms with Gasteiger partial charge in [-0.15, -0.1) is 0 Å². The van der Waals surface area contributed by atoms with Crippen molar-refractivity contribution in [3.8, 4) is 11.1 Å². The second-order valence-electron chi connectivity index (χ2n) is 15.3. The van der Waals surface area contributed by atoms with E-state index in [0.29, 0.717) is 12.1 Å². The van der Waals surface area contributed by atoms with Gasteiger partial charge in [0, 0.05) is 34.8 Å². The largest absolute Gasteiger partial charge is 0.338 e. The fourth-order valence-electron chi connectivity index (χ4n) is 10.4. The third kappa shape index (κ3) is 4.21. The summed E-state index contributed by atoms with van der Waals surface area (Å²) in [6.45, 7) is 4.72. The summed E-state index contributed by atoms with van der Waals surface area (Å²) in [6.07, 6.45) is 2.11. The van der Waals surface area contributed by atoms with Gasteiger partial charge in [0.05, 0.1) is 5.41 Å². The maximum atomic E-state index is 2.57. The van der Waals surface area contributed by atoms with E-state index >= 15 is 0 Å². The predicted molar refractivity (Wildman–Crippen MR) is 222 cm³/mol. The van der Waals surface area contributed by atoms with Crippen molar-refractivity contribution >= 4 is 44.3 Å². The van der Waals surface area contributed by atoms with E-state index in [-0.39, 0.29) is 0 Å². The number of benzene rings is 8. The summed E-state index contributed by atoms with van der Waals surface area (Å²) in [4.78, 5) is 5.12. The van der Waals surface area contributed by atoms with Crippen LogP contribution in [0.5, 0.6) is 0 Å². The van der Waals surface area contributed by atoms with E-state index in [1.807, 2.05) is 0 Å². The summed E-state index contributed by atoms with van der Waals surface area (Å²) >= 11 is 0. The van der Waals surface area contributed by atoms with E-state index < -0.39 is 5.41 Å². The lowest BCUT2D eigenvalue weighted by molar-refractivity contribution is 0.752. The van der Waals surface area contributed by atoms with E-state index in [0.717, 1.165) is 12.8 Å². The number of hydrogen-bond donors (Lipinski definition) is 0. The molecule has 2 aliphatic heterocycles. The standard InChI is InChI=1S/C51H40N2/c1-33-29-35-15-9-13-23-47(35)52(33)39-25-27-43-45(31-39)41-21-11-12-22-42(41)49-44-28-26-40(53-34(2)30-36-16-10-14-24-48(36)53)32-46(44)51(50(43)49,37-17-5-3-6-18-37)38-19-7-4-8-20-38/h3-28,31-34H,29-30H2,1-2H3. The van der Waals surface area contributed by atoms with Gasteiger partial charge >= 0.3 is 0 Å². The number of hydrogen-bond acceptors (Lipinski definition) is 2. The van der Waals surface area contributed by atoms with Crippen LogP contribution in [0, 0.1) is 0 Å². The van der Waals surface area contributed by atoms with Gasteiger partial charge < -0.3 is 9.80 Å². The molecule has 53 heavy (non-hydrogen) atoms. The first kappa shape index (κ1) is 30.5. The van der Waals surface area contributed by atoms with Crippen LogP contribution in [0.1, 0.15) is 47.2 Å². The number of anilines is 4. The molecule has 2 atom stereocenters. The predicted octanol–water partition coefficient (Wildman–Crippen LogP) is 12.5. The van der Waals surface area contributed by atoms with Crippen LogP contribution in [0.2, 0.25) is 0 Å². The molecule has 3 aliphatic rings. The molecule has 0 radical (unpaired) electrons. The van der Waals surface area contributed by atoms with Gasteiger partial charge in [-0.1, -0.05) is 133 Å². The lowest BCUT2D eigenvalue weighted by Crippen LogP contribution is -2.30. The van der Waals surface area contributed by atoms with Crippen LogP contribution in [-0.2, 0) is 18.3 Å². The molecule has 8 aromatic carbocycles. The molecule has 1 aliphatic carbocycles. The van der Waals surface area contributed by atoms with Crippen LogP contribution in [0.25, 0.3) is 32.7 Å². The van der Waals surface area contributed by atoms with E-state index in [1.165, 1.54) is 88.8 Å². The molecule has 0 saturated heterocycles. The highest BCUT2D eigenvalue weighted by molar-refractivity contribution is 6.20. The third-order valence-electron chi connectivity index (χ3n) is 12.4. The van der Waals surface area contributed by atoms with Crippen LogP contribution in [-0.4, -0.2) is 12.1 Å². The summed E-state index contributed by atoms with van der Waals surface area (Å²) < 4.78 is 0. The summed E-state index contributed by atoms with van der Waals surface area (Å²) in [5, 5.41) is 5.23. The quantitative estimate of drug-likeness (QED) is 0.171.